The largest absolute Gasteiger partial charge is 0.507 e. The van der Waals surface area contributed by atoms with Gasteiger partial charge in [-0.15, -0.1) is 0 Å². The Labute approximate surface area is 214 Å². The summed E-state index contributed by atoms with van der Waals surface area (Å²) >= 11 is 0. The molecule has 4 aromatic rings. The second kappa shape index (κ2) is 9.50. The first kappa shape index (κ1) is 24.2. The van der Waals surface area contributed by atoms with Gasteiger partial charge in [-0.05, 0) is 49.2 Å². The molecule has 1 amide bonds. The lowest BCUT2D eigenvalue weighted by Crippen LogP contribution is -2.29. The average molecular weight is 497 g/mol. The van der Waals surface area contributed by atoms with E-state index < -0.39 is 17.7 Å². The third-order valence-corrected chi connectivity index (χ3v) is 6.99. The van der Waals surface area contributed by atoms with Gasteiger partial charge in [-0.25, -0.2) is 0 Å². The molecule has 0 bridgehead atoms. The summed E-state index contributed by atoms with van der Waals surface area (Å²) in [6, 6.07) is 17.9. The number of amides is 1. The van der Waals surface area contributed by atoms with Crippen LogP contribution in [0.5, 0.6) is 11.5 Å². The molecule has 188 valence electrons. The molecule has 1 atom stereocenters. The van der Waals surface area contributed by atoms with Gasteiger partial charge in [0, 0.05) is 33.8 Å². The minimum atomic E-state index is -0.803. The van der Waals surface area contributed by atoms with Gasteiger partial charge in [-0.2, -0.15) is 0 Å². The first-order valence-corrected chi connectivity index (χ1v) is 12.0. The molecule has 7 heteroatoms. The smallest absolute Gasteiger partial charge is 0.295 e. The van der Waals surface area contributed by atoms with Crippen molar-refractivity contribution in [3.8, 4) is 11.5 Å². The summed E-state index contributed by atoms with van der Waals surface area (Å²) in [6.07, 6.45) is 1.80. The molecule has 1 unspecified atom stereocenters. The quantitative estimate of drug-likeness (QED) is 0.211. The zero-order valence-corrected chi connectivity index (χ0v) is 21.2. The number of rotatable bonds is 6. The number of hydrogen-bond donors (Lipinski definition) is 2. The van der Waals surface area contributed by atoms with Gasteiger partial charge in [0.15, 0.2) is 0 Å². The number of para-hydroxylation sites is 2. The van der Waals surface area contributed by atoms with Crippen LogP contribution in [0.3, 0.4) is 0 Å². The molecule has 37 heavy (non-hydrogen) atoms. The summed E-state index contributed by atoms with van der Waals surface area (Å²) in [6.45, 7) is 3.84. The van der Waals surface area contributed by atoms with Crippen molar-refractivity contribution in [2.75, 3.05) is 14.2 Å². The Morgan fingerprint density at radius 3 is 2.41 bits per heavy atom. The topological polar surface area (TPSA) is 91.9 Å². The molecule has 1 aliphatic rings. The van der Waals surface area contributed by atoms with Crippen molar-refractivity contribution in [3.05, 3.63) is 100 Å². The average Bonchev–Trinajstić information content (AvgIpc) is 3.44. The Bertz CT molecular complexity index is 1570. The van der Waals surface area contributed by atoms with Crippen LogP contribution in [0.2, 0.25) is 0 Å². The van der Waals surface area contributed by atoms with E-state index >= 15 is 0 Å². The van der Waals surface area contributed by atoms with Crippen molar-refractivity contribution < 1.29 is 24.2 Å². The number of nitrogens with zero attached hydrogens (tertiary/aromatic N) is 1. The number of ketones is 1. The van der Waals surface area contributed by atoms with Crippen LogP contribution in [0.4, 0.5) is 0 Å². The summed E-state index contributed by atoms with van der Waals surface area (Å²) < 4.78 is 10.9. The van der Waals surface area contributed by atoms with Crippen LogP contribution in [0.15, 0.2) is 72.4 Å². The molecule has 5 rings (SSSR count). The lowest BCUT2D eigenvalue weighted by atomic mass is 9.92. The maximum atomic E-state index is 13.6. The molecule has 0 spiro atoms. The Hall–Kier alpha value is -4.52. The summed E-state index contributed by atoms with van der Waals surface area (Å²) in [5.41, 5.74) is 4.44. The SMILES string of the molecule is COc1cc(C)c(/C(O)=C2\C(=O)C(=O)N(Cc3ccccc3OC)C2c2c[nH]c3ccccc23)cc1C. The fourth-order valence-electron chi connectivity index (χ4n) is 5.11. The predicted octanol–water partition coefficient (Wildman–Crippen LogP) is 5.42. The van der Waals surface area contributed by atoms with Gasteiger partial charge in [0.1, 0.15) is 17.3 Å². The number of carbonyl (C=O) groups is 2. The van der Waals surface area contributed by atoms with Crippen molar-refractivity contribution >= 4 is 28.4 Å². The second-order valence-electron chi connectivity index (χ2n) is 9.17. The molecular formula is C30H28N2O5. The standard InChI is InChI=1S/C30H28N2O5/c1-17-14-25(37-4)18(2)13-21(17)28(33)26-27(22-15-31-23-11-7-6-10-20(22)23)32(30(35)29(26)34)16-19-9-5-8-12-24(19)36-3/h5-15,27,31,33H,16H2,1-4H3/b28-26+. The van der Waals surface area contributed by atoms with Gasteiger partial charge >= 0.3 is 0 Å². The number of Topliss-reactive ketones (excluding diaryl/α,β-unsaturated/α-hetero) is 1. The predicted molar refractivity (Wildman–Crippen MR) is 142 cm³/mol. The summed E-state index contributed by atoms with van der Waals surface area (Å²) in [7, 11) is 3.15. The molecule has 0 aliphatic carbocycles. The van der Waals surface area contributed by atoms with Gasteiger partial charge in [0.25, 0.3) is 11.7 Å². The van der Waals surface area contributed by atoms with E-state index in [0.29, 0.717) is 17.1 Å². The van der Waals surface area contributed by atoms with Crippen LogP contribution in [0.25, 0.3) is 16.7 Å². The number of likely N-dealkylation sites (tertiary alicyclic amines) is 1. The lowest BCUT2D eigenvalue weighted by molar-refractivity contribution is -0.140. The van der Waals surface area contributed by atoms with E-state index in [9.17, 15) is 14.7 Å². The molecule has 2 N–H and O–H groups in total. The highest BCUT2D eigenvalue weighted by molar-refractivity contribution is 6.46. The van der Waals surface area contributed by atoms with Gasteiger partial charge in [-0.3, -0.25) is 9.59 Å². The second-order valence-corrected chi connectivity index (χ2v) is 9.17. The van der Waals surface area contributed by atoms with E-state index in [-0.39, 0.29) is 17.9 Å². The van der Waals surface area contributed by atoms with E-state index in [1.165, 1.54) is 4.90 Å². The molecule has 0 saturated carbocycles. The normalized spacial score (nSPS) is 17.0. The number of methoxy groups -OCH3 is 2. The van der Waals surface area contributed by atoms with E-state index in [1.807, 2.05) is 68.4 Å². The van der Waals surface area contributed by atoms with E-state index in [4.69, 9.17) is 9.47 Å². The Morgan fingerprint density at radius 2 is 1.65 bits per heavy atom. The van der Waals surface area contributed by atoms with E-state index in [1.54, 1.807) is 26.5 Å². The number of hydrogen-bond acceptors (Lipinski definition) is 5. The molecule has 1 aromatic heterocycles. The first-order chi connectivity index (χ1) is 17.8. The lowest BCUT2D eigenvalue weighted by Gasteiger charge is -2.26. The third-order valence-electron chi connectivity index (χ3n) is 6.99. The number of carbonyl (C=O) groups excluding carboxylic acids is 2. The van der Waals surface area contributed by atoms with Crippen LogP contribution in [0, 0.1) is 13.8 Å². The number of aliphatic hydroxyl groups excluding tert-OH is 1. The van der Waals surface area contributed by atoms with Crippen LogP contribution in [-0.4, -0.2) is 40.9 Å². The number of H-pyrrole nitrogens is 1. The molecule has 1 aliphatic heterocycles. The zero-order valence-electron chi connectivity index (χ0n) is 21.2. The summed E-state index contributed by atoms with van der Waals surface area (Å²) in [4.78, 5) is 31.8. The fourth-order valence-corrected chi connectivity index (χ4v) is 5.11. The zero-order chi connectivity index (χ0) is 26.3. The molecule has 1 fully saturated rings. The van der Waals surface area contributed by atoms with Gasteiger partial charge in [0.2, 0.25) is 0 Å². The van der Waals surface area contributed by atoms with Gasteiger partial charge in [0.05, 0.1) is 32.4 Å². The molecule has 7 nitrogen and oxygen atoms in total. The number of benzene rings is 3. The molecular weight excluding hydrogens is 468 g/mol. The first-order valence-electron chi connectivity index (χ1n) is 12.0. The summed E-state index contributed by atoms with van der Waals surface area (Å²) in [5, 5.41) is 12.5. The van der Waals surface area contributed by atoms with Gasteiger partial charge < -0.3 is 24.5 Å². The highest BCUT2D eigenvalue weighted by atomic mass is 16.5. The number of ether oxygens (including phenoxy) is 2. The fraction of sp³-hybridized carbons (Fsp3) is 0.200. The van der Waals surface area contributed by atoms with E-state index in [2.05, 4.69) is 4.98 Å². The monoisotopic (exact) mass is 496 g/mol. The van der Waals surface area contributed by atoms with Crippen LogP contribution in [0.1, 0.15) is 33.9 Å². The third kappa shape index (κ3) is 4.02. The van der Waals surface area contributed by atoms with Crippen molar-refractivity contribution in [2.24, 2.45) is 0 Å². The Kier molecular flexibility index (Phi) is 6.21. The van der Waals surface area contributed by atoms with Crippen molar-refractivity contribution in [1.29, 1.82) is 0 Å². The van der Waals surface area contributed by atoms with Crippen LogP contribution < -0.4 is 9.47 Å². The molecule has 0 radical (unpaired) electrons. The number of aromatic nitrogens is 1. The molecule has 3 aromatic carbocycles. The maximum Gasteiger partial charge on any atom is 0.295 e. The van der Waals surface area contributed by atoms with E-state index in [0.717, 1.165) is 33.2 Å². The molecule has 2 heterocycles. The Morgan fingerprint density at radius 1 is 0.946 bits per heavy atom. The minimum absolute atomic E-state index is 0.0531. The van der Waals surface area contributed by atoms with Crippen molar-refractivity contribution in [1.82, 2.24) is 9.88 Å². The van der Waals surface area contributed by atoms with Crippen molar-refractivity contribution in [3.63, 3.8) is 0 Å². The number of nitrogens with one attached hydrogen (secondary N) is 1. The van der Waals surface area contributed by atoms with Gasteiger partial charge in [-0.1, -0.05) is 36.4 Å². The number of aliphatic hydroxyl groups is 1. The summed E-state index contributed by atoms with van der Waals surface area (Å²) in [5.74, 6) is -0.317. The number of aryl methyl sites for hydroxylation is 2. The van der Waals surface area contributed by atoms with Crippen LogP contribution >= 0.6 is 0 Å². The highest BCUT2D eigenvalue weighted by Gasteiger charge is 2.47. The van der Waals surface area contributed by atoms with Crippen LogP contribution in [-0.2, 0) is 16.1 Å². The Balaban J connectivity index is 1.73. The number of fused-ring (bicyclic) bond motifs is 1. The minimum Gasteiger partial charge on any atom is -0.507 e. The number of aromatic amines is 1. The maximum absolute atomic E-state index is 13.6. The molecule has 1 saturated heterocycles. The van der Waals surface area contributed by atoms with Crippen molar-refractivity contribution in [2.45, 2.75) is 26.4 Å². The highest BCUT2D eigenvalue weighted by Crippen LogP contribution is 2.44.